The Bertz CT molecular complexity index is 435. The number of carbonyl (C=O) groups excluding carboxylic acids is 1. The summed E-state index contributed by atoms with van der Waals surface area (Å²) in [5.41, 5.74) is 0.550. The van der Waals surface area contributed by atoms with Crippen molar-refractivity contribution >= 4 is 5.91 Å². The Morgan fingerprint density at radius 2 is 2.05 bits per heavy atom. The number of rotatable bonds is 4. The Balaban J connectivity index is 1.84. The third-order valence-electron chi connectivity index (χ3n) is 3.54. The second-order valence-corrected chi connectivity index (χ2v) is 4.92. The number of hydrogen-bond donors (Lipinski definition) is 3. The van der Waals surface area contributed by atoms with Crippen LogP contribution in [-0.2, 0) is 4.79 Å². The molecule has 104 valence electrons. The van der Waals surface area contributed by atoms with E-state index in [2.05, 4.69) is 5.32 Å². The number of benzene rings is 1. The first kappa shape index (κ1) is 14.0. The van der Waals surface area contributed by atoms with Gasteiger partial charge in [0.1, 0.15) is 5.82 Å². The fraction of sp³-hybridized carbons (Fsp3) is 0.500. The van der Waals surface area contributed by atoms with Gasteiger partial charge in [0.2, 0.25) is 5.91 Å². The molecule has 0 saturated heterocycles. The van der Waals surface area contributed by atoms with E-state index in [9.17, 15) is 19.4 Å². The van der Waals surface area contributed by atoms with E-state index in [0.29, 0.717) is 18.4 Å². The molecular formula is C14H18FNO3. The smallest absolute Gasteiger partial charge is 0.225 e. The van der Waals surface area contributed by atoms with E-state index in [-0.39, 0.29) is 24.2 Å². The highest BCUT2D eigenvalue weighted by molar-refractivity contribution is 5.79. The lowest BCUT2D eigenvalue weighted by Gasteiger charge is -2.17. The first-order valence-electron chi connectivity index (χ1n) is 6.47. The van der Waals surface area contributed by atoms with Gasteiger partial charge >= 0.3 is 0 Å². The molecule has 1 aliphatic carbocycles. The molecule has 5 heteroatoms. The van der Waals surface area contributed by atoms with Crippen LogP contribution >= 0.6 is 0 Å². The van der Waals surface area contributed by atoms with Crippen LogP contribution in [0.5, 0.6) is 0 Å². The highest BCUT2D eigenvalue weighted by atomic mass is 19.1. The lowest BCUT2D eigenvalue weighted by molar-refractivity contribution is -0.128. The number of aliphatic hydroxyl groups excluding tert-OH is 2. The van der Waals surface area contributed by atoms with Crippen molar-refractivity contribution in [3.63, 3.8) is 0 Å². The first-order valence-corrected chi connectivity index (χ1v) is 6.47. The van der Waals surface area contributed by atoms with Crippen LogP contribution in [0.2, 0.25) is 0 Å². The van der Waals surface area contributed by atoms with Gasteiger partial charge in [-0.1, -0.05) is 12.1 Å². The van der Waals surface area contributed by atoms with E-state index < -0.39 is 12.2 Å². The fourth-order valence-electron chi connectivity index (χ4n) is 2.38. The Labute approximate surface area is 111 Å². The molecule has 0 aliphatic heterocycles. The largest absolute Gasteiger partial charge is 0.392 e. The van der Waals surface area contributed by atoms with Crippen LogP contribution in [-0.4, -0.2) is 28.8 Å². The predicted octanol–water partition coefficient (Wildman–Crippen LogP) is 1.14. The van der Waals surface area contributed by atoms with Gasteiger partial charge in [0.15, 0.2) is 0 Å². The summed E-state index contributed by atoms with van der Waals surface area (Å²) in [6.45, 7) is 0.0632. The van der Waals surface area contributed by atoms with Gasteiger partial charge in [0.05, 0.1) is 18.1 Å². The summed E-state index contributed by atoms with van der Waals surface area (Å²) in [6.07, 6.45) is 0.726. The minimum Gasteiger partial charge on any atom is -0.392 e. The van der Waals surface area contributed by atoms with Crippen molar-refractivity contribution in [3.05, 3.63) is 35.6 Å². The van der Waals surface area contributed by atoms with E-state index in [4.69, 9.17) is 0 Å². The Hall–Kier alpha value is -1.46. The number of nitrogens with one attached hydrogen (secondary N) is 1. The van der Waals surface area contributed by atoms with Gasteiger partial charge in [-0.15, -0.1) is 0 Å². The standard InChI is InChI=1S/C14H18FNO3/c15-10-6-4-9(5-7-10)13(18)8-16-14(19)11-2-1-3-12(11)17/h4-7,11-13,17-18H,1-3,8H2,(H,16,19). The van der Waals surface area contributed by atoms with Gasteiger partial charge in [0, 0.05) is 6.54 Å². The van der Waals surface area contributed by atoms with Crippen molar-refractivity contribution < 1.29 is 19.4 Å². The molecule has 1 fully saturated rings. The lowest BCUT2D eigenvalue weighted by atomic mass is 10.0. The molecule has 0 radical (unpaired) electrons. The number of amides is 1. The molecule has 0 spiro atoms. The summed E-state index contributed by atoms with van der Waals surface area (Å²) in [5, 5.41) is 22.1. The molecule has 1 amide bonds. The van der Waals surface area contributed by atoms with Crippen molar-refractivity contribution in [3.8, 4) is 0 Å². The molecule has 3 N–H and O–H groups in total. The number of hydrogen-bond acceptors (Lipinski definition) is 3. The van der Waals surface area contributed by atoms with Gasteiger partial charge in [-0.05, 0) is 37.0 Å². The van der Waals surface area contributed by atoms with E-state index in [0.717, 1.165) is 6.42 Å². The molecule has 19 heavy (non-hydrogen) atoms. The summed E-state index contributed by atoms with van der Waals surface area (Å²) >= 11 is 0. The molecular weight excluding hydrogens is 249 g/mol. The van der Waals surface area contributed by atoms with E-state index in [1.54, 1.807) is 0 Å². The second kappa shape index (κ2) is 6.12. The zero-order chi connectivity index (χ0) is 13.8. The van der Waals surface area contributed by atoms with Crippen LogP contribution < -0.4 is 5.32 Å². The molecule has 1 saturated carbocycles. The molecule has 3 unspecified atom stereocenters. The molecule has 4 nitrogen and oxygen atoms in total. The predicted molar refractivity (Wildman–Crippen MR) is 67.7 cm³/mol. The Morgan fingerprint density at radius 3 is 2.63 bits per heavy atom. The molecule has 0 bridgehead atoms. The molecule has 1 aromatic carbocycles. The van der Waals surface area contributed by atoms with Gasteiger partial charge in [-0.25, -0.2) is 4.39 Å². The van der Waals surface area contributed by atoms with Crippen molar-refractivity contribution in [1.29, 1.82) is 0 Å². The van der Waals surface area contributed by atoms with Gasteiger partial charge in [-0.2, -0.15) is 0 Å². The highest BCUT2D eigenvalue weighted by Crippen LogP contribution is 2.25. The number of carbonyl (C=O) groups is 1. The van der Waals surface area contributed by atoms with E-state index in [1.807, 2.05) is 0 Å². The summed E-state index contributed by atoms with van der Waals surface area (Å²) in [4.78, 5) is 11.8. The molecule has 0 heterocycles. The van der Waals surface area contributed by atoms with Crippen LogP contribution in [0.1, 0.15) is 30.9 Å². The Morgan fingerprint density at radius 1 is 1.37 bits per heavy atom. The quantitative estimate of drug-likeness (QED) is 0.766. The molecule has 0 aromatic heterocycles. The third-order valence-corrected chi connectivity index (χ3v) is 3.54. The van der Waals surface area contributed by atoms with Gasteiger partial charge < -0.3 is 15.5 Å². The van der Waals surface area contributed by atoms with Crippen molar-refractivity contribution in [2.75, 3.05) is 6.54 Å². The normalized spacial score (nSPS) is 24.2. The SMILES string of the molecule is O=C(NCC(O)c1ccc(F)cc1)C1CCCC1O. The van der Waals surface area contributed by atoms with E-state index in [1.165, 1.54) is 24.3 Å². The molecule has 1 aliphatic rings. The number of aliphatic hydroxyl groups is 2. The molecule has 3 atom stereocenters. The maximum Gasteiger partial charge on any atom is 0.225 e. The summed E-state index contributed by atoms with van der Waals surface area (Å²) < 4.78 is 12.7. The van der Waals surface area contributed by atoms with Crippen molar-refractivity contribution in [2.24, 2.45) is 5.92 Å². The van der Waals surface area contributed by atoms with E-state index >= 15 is 0 Å². The lowest BCUT2D eigenvalue weighted by Crippen LogP contribution is -2.37. The van der Waals surface area contributed by atoms with Crippen LogP contribution in [0.15, 0.2) is 24.3 Å². The average Bonchev–Trinajstić information content (AvgIpc) is 2.83. The van der Waals surface area contributed by atoms with Crippen LogP contribution in [0.3, 0.4) is 0 Å². The average molecular weight is 267 g/mol. The van der Waals surface area contributed by atoms with Crippen LogP contribution in [0.25, 0.3) is 0 Å². The number of halogens is 1. The Kier molecular flexibility index (Phi) is 4.50. The zero-order valence-corrected chi connectivity index (χ0v) is 10.6. The minimum absolute atomic E-state index is 0.0632. The van der Waals surface area contributed by atoms with Gasteiger partial charge in [0.25, 0.3) is 0 Å². The van der Waals surface area contributed by atoms with Crippen molar-refractivity contribution in [2.45, 2.75) is 31.5 Å². The topological polar surface area (TPSA) is 69.6 Å². The third kappa shape index (κ3) is 3.52. The fourth-order valence-corrected chi connectivity index (χ4v) is 2.38. The molecule has 1 aromatic rings. The van der Waals surface area contributed by atoms with Crippen LogP contribution in [0.4, 0.5) is 4.39 Å². The summed E-state index contributed by atoms with van der Waals surface area (Å²) in [5.74, 6) is -0.972. The van der Waals surface area contributed by atoms with Crippen molar-refractivity contribution in [1.82, 2.24) is 5.32 Å². The summed E-state index contributed by atoms with van der Waals surface area (Å²) in [6, 6.07) is 5.50. The maximum atomic E-state index is 12.7. The van der Waals surface area contributed by atoms with Crippen LogP contribution in [0, 0.1) is 11.7 Å². The minimum atomic E-state index is -0.872. The highest BCUT2D eigenvalue weighted by Gasteiger charge is 2.31. The first-order chi connectivity index (χ1) is 9.08. The second-order valence-electron chi connectivity index (χ2n) is 4.92. The summed E-state index contributed by atoms with van der Waals surface area (Å²) in [7, 11) is 0. The van der Waals surface area contributed by atoms with Gasteiger partial charge in [-0.3, -0.25) is 4.79 Å². The zero-order valence-electron chi connectivity index (χ0n) is 10.6. The monoisotopic (exact) mass is 267 g/mol. The maximum absolute atomic E-state index is 12.7. The molecule has 2 rings (SSSR count).